The fourth-order valence-corrected chi connectivity index (χ4v) is 2.22. The van der Waals surface area contributed by atoms with E-state index in [0.29, 0.717) is 12.0 Å². The first-order chi connectivity index (χ1) is 11.1. The maximum Gasteiger partial charge on any atom is 0.341 e. The van der Waals surface area contributed by atoms with Crippen molar-refractivity contribution in [2.75, 3.05) is 6.61 Å². The van der Waals surface area contributed by atoms with Crippen molar-refractivity contribution in [3.8, 4) is 5.75 Å². The van der Waals surface area contributed by atoms with Crippen molar-refractivity contribution in [2.24, 2.45) is 0 Å². The number of Topliss-reactive ketones (excluding diaryl/α,β-unsaturated/α-hetero) is 1. The Bertz CT molecular complexity index is 529. The monoisotopic (exact) mass is 318 g/mol. The molecule has 0 radical (unpaired) electrons. The van der Waals surface area contributed by atoms with Crippen molar-refractivity contribution < 1.29 is 19.4 Å². The maximum absolute atomic E-state index is 12.3. The predicted molar refractivity (Wildman–Crippen MR) is 91.1 cm³/mol. The highest BCUT2D eigenvalue weighted by atomic mass is 16.5. The lowest BCUT2D eigenvalue weighted by molar-refractivity contribution is -0.139. The smallest absolute Gasteiger partial charge is 0.341 e. The third-order valence-corrected chi connectivity index (χ3v) is 3.51. The van der Waals surface area contributed by atoms with Crippen molar-refractivity contribution in [2.45, 2.75) is 52.4 Å². The number of aromatic hydroxyl groups is 1. The van der Waals surface area contributed by atoms with Gasteiger partial charge in [-0.1, -0.05) is 44.7 Å². The van der Waals surface area contributed by atoms with E-state index in [1.54, 1.807) is 19.1 Å². The lowest BCUT2D eigenvalue weighted by atomic mass is 10.0. The number of benzene rings is 1. The summed E-state index contributed by atoms with van der Waals surface area (Å²) in [5, 5.41) is 9.30. The van der Waals surface area contributed by atoms with Crippen LogP contribution in [-0.2, 0) is 14.3 Å². The average Bonchev–Trinajstić information content (AvgIpc) is 2.54. The Morgan fingerprint density at radius 1 is 1.04 bits per heavy atom. The van der Waals surface area contributed by atoms with Gasteiger partial charge in [-0.2, -0.15) is 0 Å². The number of hydrogen-bond acceptors (Lipinski definition) is 4. The summed E-state index contributed by atoms with van der Waals surface area (Å²) in [5.41, 5.74) is 0.762. The Morgan fingerprint density at radius 2 is 1.70 bits per heavy atom. The number of phenolic OH excluding ortho intramolecular Hbond substituents is 1. The fourth-order valence-electron chi connectivity index (χ4n) is 2.22. The first-order valence-electron chi connectivity index (χ1n) is 8.29. The minimum absolute atomic E-state index is 0.0769. The zero-order chi connectivity index (χ0) is 17.1. The number of carbonyl (C=O) groups excluding carboxylic acids is 2. The molecule has 1 rings (SSSR count). The second kappa shape index (κ2) is 10.6. The molecular formula is C19H26O4. The van der Waals surface area contributed by atoms with E-state index in [0.717, 1.165) is 25.7 Å². The molecule has 1 aromatic carbocycles. The van der Waals surface area contributed by atoms with Crippen molar-refractivity contribution in [3.63, 3.8) is 0 Å². The van der Waals surface area contributed by atoms with E-state index in [9.17, 15) is 14.7 Å². The van der Waals surface area contributed by atoms with Crippen molar-refractivity contribution in [1.82, 2.24) is 0 Å². The Kier molecular flexibility index (Phi) is 8.73. The van der Waals surface area contributed by atoms with Gasteiger partial charge in [-0.3, -0.25) is 4.79 Å². The number of ether oxygens (including phenoxy) is 1. The van der Waals surface area contributed by atoms with Gasteiger partial charge in [0.25, 0.3) is 0 Å². The van der Waals surface area contributed by atoms with E-state index in [1.807, 2.05) is 0 Å². The molecule has 0 aliphatic rings. The van der Waals surface area contributed by atoms with E-state index >= 15 is 0 Å². The average molecular weight is 318 g/mol. The number of ketones is 1. The molecule has 0 aliphatic carbocycles. The number of carbonyl (C=O) groups is 2. The highest BCUT2D eigenvalue weighted by molar-refractivity contribution is 6.20. The molecule has 1 aromatic rings. The summed E-state index contributed by atoms with van der Waals surface area (Å²) in [6.45, 7) is 4.09. The quantitative estimate of drug-likeness (QED) is 0.230. The van der Waals surface area contributed by atoms with Crippen LogP contribution in [0.2, 0.25) is 0 Å². The highest BCUT2D eigenvalue weighted by Crippen LogP contribution is 2.16. The van der Waals surface area contributed by atoms with Crippen LogP contribution in [0.25, 0.3) is 6.08 Å². The van der Waals surface area contributed by atoms with Gasteiger partial charge in [0.05, 0.1) is 6.61 Å². The van der Waals surface area contributed by atoms with Crippen LogP contribution in [0.15, 0.2) is 29.8 Å². The Morgan fingerprint density at radius 3 is 2.30 bits per heavy atom. The Labute approximate surface area is 138 Å². The minimum atomic E-state index is -0.584. The van der Waals surface area contributed by atoms with Crippen LogP contribution in [0.5, 0.6) is 5.75 Å². The molecule has 0 saturated heterocycles. The van der Waals surface area contributed by atoms with Crippen molar-refractivity contribution in [1.29, 1.82) is 0 Å². The van der Waals surface area contributed by atoms with E-state index in [4.69, 9.17) is 4.74 Å². The first kappa shape index (κ1) is 18.9. The summed E-state index contributed by atoms with van der Waals surface area (Å²) in [7, 11) is 0. The summed E-state index contributed by atoms with van der Waals surface area (Å²) >= 11 is 0. The molecule has 23 heavy (non-hydrogen) atoms. The molecule has 4 heteroatoms. The molecule has 0 fully saturated rings. The van der Waals surface area contributed by atoms with Gasteiger partial charge in [0.2, 0.25) is 0 Å². The van der Waals surface area contributed by atoms with Crippen LogP contribution in [-0.4, -0.2) is 23.5 Å². The molecule has 0 bridgehead atoms. The van der Waals surface area contributed by atoms with Crippen LogP contribution in [0.3, 0.4) is 0 Å². The van der Waals surface area contributed by atoms with Crippen LogP contribution in [0.1, 0.15) is 57.9 Å². The van der Waals surface area contributed by atoms with E-state index in [2.05, 4.69) is 6.92 Å². The molecule has 1 N–H and O–H groups in total. The first-order valence-corrected chi connectivity index (χ1v) is 8.29. The summed E-state index contributed by atoms with van der Waals surface area (Å²) in [6, 6.07) is 6.35. The van der Waals surface area contributed by atoms with Crippen molar-refractivity contribution in [3.05, 3.63) is 35.4 Å². The molecule has 0 saturated carbocycles. The number of rotatable bonds is 10. The van der Waals surface area contributed by atoms with Gasteiger partial charge in [-0.15, -0.1) is 0 Å². The largest absolute Gasteiger partial charge is 0.508 e. The van der Waals surface area contributed by atoms with E-state index in [1.165, 1.54) is 24.6 Å². The Balaban J connectivity index is 2.77. The molecule has 0 aliphatic heterocycles. The van der Waals surface area contributed by atoms with E-state index < -0.39 is 5.97 Å². The van der Waals surface area contributed by atoms with Crippen LogP contribution >= 0.6 is 0 Å². The van der Waals surface area contributed by atoms with Gasteiger partial charge in [0, 0.05) is 6.42 Å². The Hall–Kier alpha value is -2.10. The fraction of sp³-hybridized carbons (Fsp3) is 0.474. The predicted octanol–water partition coefficient (Wildman–Crippen LogP) is 4.27. The van der Waals surface area contributed by atoms with Crippen molar-refractivity contribution >= 4 is 17.8 Å². The SMILES string of the molecule is CCCCCCCC(=O)C(=Cc1ccc(O)cc1)C(=O)OCC. The molecule has 0 amide bonds. The number of hydrogen-bond donors (Lipinski definition) is 1. The van der Waals surface area contributed by atoms with Gasteiger partial charge in [0.1, 0.15) is 11.3 Å². The molecule has 0 unspecified atom stereocenters. The third kappa shape index (κ3) is 7.13. The van der Waals surface area contributed by atoms with Gasteiger partial charge < -0.3 is 9.84 Å². The van der Waals surface area contributed by atoms with Gasteiger partial charge >= 0.3 is 5.97 Å². The summed E-state index contributed by atoms with van der Waals surface area (Å²) in [4.78, 5) is 24.4. The number of unbranched alkanes of at least 4 members (excludes halogenated alkanes) is 4. The normalized spacial score (nSPS) is 11.3. The van der Waals surface area contributed by atoms with Gasteiger partial charge in [-0.25, -0.2) is 4.79 Å². The lowest BCUT2D eigenvalue weighted by Crippen LogP contribution is -2.15. The molecular weight excluding hydrogens is 292 g/mol. The lowest BCUT2D eigenvalue weighted by Gasteiger charge is -2.07. The van der Waals surface area contributed by atoms with Gasteiger partial charge in [-0.05, 0) is 37.1 Å². The second-order valence-corrected chi connectivity index (χ2v) is 5.46. The minimum Gasteiger partial charge on any atom is -0.508 e. The highest BCUT2D eigenvalue weighted by Gasteiger charge is 2.19. The molecule has 126 valence electrons. The zero-order valence-corrected chi connectivity index (χ0v) is 14.0. The van der Waals surface area contributed by atoms with Crippen LogP contribution < -0.4 is 0 Å². The summed E-state index contributed by atoms with van der Waals surface area (Å²) < 4.78 is 4.99. The number of phenols is 1. The standard InChI is InChI=1S/C19H26O4/c1-3-5-6-7-8-9-18(21)17(19(22)23-4-2)14-15-10-12-16(20)13-11-15/h10-14,20H,3-9H2,1-2H3. The maximum atomic E-state index is 12.3. The molecule has 4 nitrogen and oxygen atoms in total. The van der Waals surface area contributed by atoms with Gasteiger partial charge in [0.15, 0.2) is 5.78 Å². The summed E-state index contributed by atoms with van der Waals surface area (Å²) in [6.07, 6.45) is 7.10. The summed E-state index contributed by atoms with van der Waals surface area (Å²) in [5.74, 6) is -0.630. The van der Waals surface area contributed by atoms with Crippen LogP contribution in [0.4, 0.5) is 0 Å². The molecule has 0 spiro atoms. The zero-order valence-electron chi connectivity index (χ0n) is 14.0. The molecule has 0 heterocycles. The topological polar surface area (TPSA) is 63.6 Å². The van der Waals surface area contributed by atoms with Crippen LogP contribution in [0, 0.1) is 0 Å². The third-order valence-electron chi connectivity index (χ3n) is 3.51. The van der Waals surface area contributed by atoms with E-state index in [-0.39, 0.29) is 23.7 Å². The number of esters is 1. The second-order valence-electron chi connectivity index (χ2n) is 5.46. The molecule has 0 atom stereocenters. The molecule has 0 aromatic heterocycles.